The van der Waals surface area contributed by atoms with Gasteiger partial charge in [0.25, 0.3) is 0 Å². The lowest BCUT2D eigenvalue weighted by molar-refractivity contribution is 0.231. The Balaban J connectivity index is 3.37. The highest BCUT2D eigenvalue weighted by Gasteiger charge is 1.96. The lowest BCUT2D eigenvalue weighted by Gasteiger charge is -2.03. The summed E-state index contributed by atoms with van der Waals surface area (Å²) in [4.78, 5) is 0. The van der Waals surface area contributed by atoms with Crippen molar-refractivity contribution in [2.75, 3.05) is 13.2 Å². The standard InChI is InChI=1S/C14H26O3/c1-13(11-15)7-3-5-9-17-10-6-4-8-14(2)12-16/h5-6,9-10,13-16H,3-4,7-8,11-12H2,1-2H3. The summed E-state index contributed by atoms with van der Waals surface area (Å²) in [5.41, 5.74) is 0. The van der Waals surface area contributed by atoms with Crippen molar-refractivity contribution in [3.63, 3.8) is 0 Å². The molecule has 0 fully saturated rings. The van der Waals surface area contributed by atoms with Crippen LogP contribution < -0.4 is 0 Å². The third kappa shape index (κ3) is 11.5. The van der Waals surface area contributed by atoms with Crippen LogP contribution >= 0.6 is 0 Å². The average Bonchev–Trinajstić information content (AvgIpc) is 2.35. The molecule has 2 atom stereocenters. The van der Waals surface area contributed by atoms with Crippen LogP contribution in [-0.4, -0.2) is 23.4 Å². The zero-order valence-corrected chi connectivity index (χ0v) is 11.0. The first kappa shape index (κ1) is 16.2. The van der Waals surface area contributed by atoms with Crippen molar-refractivity contribution in [2.24, 2.45) is 11.8 Å². The Bertz CT molecular complexity index is 190. The molecule has 17 heavy (non-hydrogen) atoms. The molecule has 0 aromatic rings. The lowest BCUT2D eigenvalue weighted by atomic mass is 10.1. The van der Waals surface area contributed by atoms with Crippen molar-refractivity contribution in [1.29, 1.82) is 0 Å². The van der Waals surface area contributed by atoms with E-state index < -0.39 is 0 Å². The van der Waals surface area contributed by atoms with Crippen LogP contribution in [0.1, 0.15) is 39.5 Å². The normalized spacial score (nSPS) is 15.5. The van der Waals surface area contributed by atoms with E-state index in [0.717, 1.165) is 25.7 Å². The minimum atomic E-state index is 0.248. The molecule has 3 heteroatoms. The van der Waals surface area contributed by atoms with E-state index in [0.29, 0.717) is 11.8 Å². The lowest BCUT2D eigenvalue weighted by Crippen LogP contribution is -1.98. The van der Waals surface area contributed by atoms with Gasteiger partial charge in [-0.2, -0.15) is 0 Å². The number of hydrogen-bond donors (Lipinski definition) is 2. The molecule has 0 aliphatic heterocycles. The minimum absolute atomic E-state index is 0.248. The number of aliphatic hydroxyl groups excluding tert-OH is 2. The average molecular weight is 242 g/mol. The largest absolute Gasteiger partial charge is 0.473 e. The Hall–Kier alpha value is -0.800. The summed E-state index contributed by atoms with van der Waals surface area (Å²) in [6.45, 7) is 4.54. The van der Waals surface area contributed by atoms with E-state index >= 15 is 0 Å². The highest BCUT2D eigenvalue weighted by molar-refractivity contribution is 4.80. The molecule has 0 bridgehead atoms. The van der Waals surface area contributed by atoms with Crippen LogP contribution in [0.4, 0.5) is 0 Å². The predicted molar refractivity (Wildman–Crippen MR) is 70.3 cm³/mol. The summed E-state index contributed by atoms with van der Waals surface area (Å²) >= 11 is 0. The van der Waals surface area contributed by atoms with Crippen LogP contribution in [-0.2, 0) is 4.74 Å². The van der Waals surface area contributed by atoms with E-state index in [1.54, 1.807) is 12.5 Å². The van der Waals surface area contributed by atoms with Crippen LogP contribution in [0.2, 0.25) is 0 Å². The second-order valence-electron chi connectivity index (χ2n) is 4.61. The second kappa shape index (κ2) is 11.7. The summed E-state index contributed by atoms with van der Waals surface area (Å²) in [5, 5.41) is 17.6. The van der Waals surface area contributed by atoms with Crippen LogP contribution in [0.25, 0.3) is 0 Å². The van der Waals surface area contributed by atoms with Gasteiger partial charge in [-0.15, -0.1) is 0 Å². The first-order chi connectivity index (χ1) is 8.20. The van der Waals surface area contributed by atoms with E-state index in [9.17, 15) is 0 Å². The zero-order valence-electron chi connectivity index (χ0n) is 11.0. The molecule has 0 saturated carbocycles. The Morgan fingerprint density at radius 2 is 1.29 bits per heavy atom. The van der Waals surface area contributed by atoms with E-state index in [4.69, 9.17) is 14.9 Å². The van der Waals surface area contributed by atoms with Crippen molar-refractivity contribution < 1.29 is 14.9 Å². The first-order valence-electron chi connectivity index (χ1n) is 6.37. The summed E-state index contributed by atoms with van der Waals surface area (Å²) < 4.78 is 5.18. The van der Waals surface area contributed by atoms with E-state index in [-0.39, 0.29) is 13.2 Å². The molecule has 0 rings (SSSR count). The molecule has 0 aromatic heterocycles. The molecule has 0 aliphatic rings. The van der Waals surface area contributed by atoms with Crippen molar-refractivity contribution >= 4 is 0 Å². The molecule has 0 radical (unpaired) electrons. The van der Waals surface area contributed by atoms with Gasteiger partial charge in [0.2, 0.25) is 0 Å². The summed E-state index contributed by atoms with van der Waals surface area (Å²) in [6.07, 6.45) is 11.1. The SMILES string of the molecule is CC(CO)CCC=COC=CCCC(C)CO. The van der Waals surface area contributed by atoms with Gasteiger partial charge in [0.1, 0.15) is 0 Å². The molecule has 0 spiro atoms. The van der Waals surface area contributed by atoms with Crippen LogP contribution in [0.5, 0.6) is 0 Å². The first-order valence-corrected chi connectivity index (χ1v) is 6.37. The van der Waals surface area contributed by atoms with Gasteiger partial charge < -0.3 is 14.9 Å². The maximum atomic E-state index is 8.82. The fourth-order valence-electron chi connectivity index (χ4n) is 1.24. The minimum Gasteiger partial charge on any atom is -0.473 e. The number of aliphatic hydroxyl groups is 2. The Kier molecular flexibility index (Phi) is 11.1. The van der Waals surface area contributed by atoms with Gasteiger partial charge in [-0.1, -0.05) is 13.8 Å². The molecular formula is C14H26O3. The summed E-state index contributed by atoms with van der Waals surface area (Å²) in [6, 6.07) is 0. The molecule has 2 N–H and O–H groups in total. The molecule has 3 nitrogen and oxygen atoms in total. The maximum absolute atomic E-state index is 8.82. The van der Waals surface area contributed by atoms with Crippen molar-refractivity contribution in [1.82, 2.24) is 0 Å². The van der Waals surface area contributed by atoms with Crippen molar-refractivity contribution in [3.05, 3.63) is 24.7 Å². The number of hydrogen-bond acceptors (Lipinski definition) is 3. The van der Waals surface area contributed by atoms with Gasteiger partial charge in [0, 0.05) is 13.2 Å². The topological polar surface area (TPSA) is 49.7 Å². The third-order valence-corrected chi connectivity index (χ3v) is 2.63. The molecule has 0 saturated heterocycles. The van der Waals surface area contributed by atoms with Crippen LogP contribution in [0, 0.1) is 11.8 Å². The number of allylic oxidation sites excluding steroid dienone is 2. The molecule has 0 aliphatic carbocycles. The number of rotatable bonds is 10. The predicted octanol–water partition coefficient (Wildman–Crippen LogP) is 2.85. The quantitative estimate of drug-likeness (QED) is 0.579. The van der Waals surface area contributed by atoms with Crippen LogP contribution in [0.15, 0.2) is 24.7 Å². The van der Waals surface area contributed by atoms with Crippen LogP contribution in [0.3, 0.4) is 0 Å². The van der Waals surface area contributed by atoms with Gasteiger partial charge >= 0.3 is 0 Å². The summed E-state index contributed by atoms with van der Waals surface area (Å²) in [7, 11) is 0. The molecular weight excluding hydrogens is 216 g/mol. The maximum Gasteiger partial charge on any atom is 0.0861 e. The molecule has 2 unspecified atom stereocenters. The van der Waals surface area contributed by atoms with Gasteiger partial charge in [0.15, 0.2) is 0 Å². The fourth-order valence-corrected chi connectivity index (χ4v) is 1.24. The highest BCUT2D eigenvalue weighted by Crippen LogP contribution is 2.05. The van der Waals surface area contributed by atoms with E-state index in [1.165, 1.54) is 0 Å². The highest BCUT2D eigenvalue weighted by atomic mass is 16.5. The van der Waals surface area contributed by atoms with Gasteiger partial charge in [0.05, 0.1) is 12.5 Å². The fraction of sp³-hybridized carbons (Fsp3) is 0.714. The Labute approximate surface area is 105 Å². The Morgan fingerprint density at radius 1 is 0.882 bits per heavy atom. The van der Waals surface area contributed by atoms with E-state index in [1.807, 2.05) is 26.0 Å². The summed E-state index contributed by atoms with van der Waals surface area (Å²) in [5.74, 6) is 0.713. The van der Waals surface area contributed by atoms with E-state index in [2.05, 4.69) is 0 Å². The van der Waals surface area contributed by atoms with Crippen molar-refractivity contribution in [3.8, 4) is 0 Å². The molecule has 0 aromatic carbocycles. The number of ether oxygens (including phenoxy) is 1. The third-order valence-electron chi connectivity index (χ3n) is 2.63. The monoisotopic (exact) mass is 242 g/mol. The smallest absolute Gasteiger partial charge is 0.0861 e. The van der Waals surface area contributed by atoms with Gasteiger partial charge in [-0.3, -0.25) is 0 Å². The second-order valence-corrected chi connectivity index (χ2v) is 4.61. The van der Waals surface area contributed by atoms with Crippen molar-refractivity contribution in [2.45, 2.75) is 39.5 Å². The van der Waals surface area contributed by atoms with Gasteiger partial charge in [-0.25, -0.2) is 0 Å². The molecule has 0 heterocycles. The Morgan fingerprint density at radius 3 is 1.65 bits per heavy atom. The van der Waals surface area contributed by atoms with Gasteiger partial charge in [-0.05, 0) is 49.7 Å². The molecule has 0 amide bonds. The zero-order chi connectivity index (χ0) is 12.9. The molecule has 100 valence electrons.